The Morgan fingerprint density at radius 2 is 1.74 bits per heavy atom. The highest BCUT2D eigenvalue weighted by Gasteiger charge is 2.54. The van der Waals surface area contributed by atoms with Crippen LogP contribution in [-0.2, 0) is 9.53 Å². The van der Waals surface area contributed by atoms with Crippen LogP contribution in [0.3, 0.4) is 0 Å². The van der Waals surface area contributed by atoms with Gasteiger partial charge in [0.15, 0.2) is 0 Å². The van der Waals surface area contributed by atoms with Gasteiger partial charge in [-0.1, -0.05) is 50.1 Å². The molecule has 0 aliphatic carbocycles. The van der Waals surface area contributed by atoms with Gasteiger partial charge in [-0.3, -0.25) is 0 Å². The van der Waals surface area contributed by atoms with Gasteiger partial charge < -0.3 is 19.9 Å². The lowest BCUT2D eigenvalue weighted by molar-refractivity contribution is -0.144. The van der Waals surface area contributed by atoms with E-state index in [-0.39, 0.29) is 29.2 Å². The quantitative estimate of drug-likeness (QED) is 0.585. The zero-order chi connectivity index (χ0) is 25.2. The fourth-order valence-electron chi connectivity index (χ4n) is 5.50. The van der Waals surface area contributed by atoms with Crippen LogP contribution in [0.5, 0.6) is 0 Å². The van der Waals surface area contributed by atoms with Crippen molar-refractivity contribution in [2.75, 3.05) is 31.6 Å². The Hall–Kier alpha value is -3.09. The number of carbonyl (C=O) groups excluding carboxylic acids is 2. The van der Waals surface area contributed by atoms with Gasteiger partial charge in [-0.15, -0.1) is 0 Å². The molecule has 2 amide bonds. The molecule has 188 valence electrons. The van der Waals surface area contributed by atoms with Crippen molar-refractivity contribution in [1.29, 1.82) is 0 Å². The third-order valence-electron chi connectivity index (χ3n) is 7.92. The molecule has 0 aromatic heterocycles. The maximum Gasteiger partial charge on any atom is 0.328 e. The normalized spacial score (nSPS) is 20.7. The maximum atomic E-state index is 13.5. The number of ether oxygens (including phenoxy) is 1. The van der Waals surface area contributed by atoms with Gasteiger partial charge in [0.05, 0.1) is 13.2 Å². The third-order valence-corrected chi connectivity index (χ3v) is 7.92. The van der Waals surface area contributed by atoms with Gasteiger partial charge in [-0.05, 0) is 55.5 Å². The summed E-state index contributed by atoms with van der Waals surface area (Å²) in [6, 6.07) is 14.6. The van der Waals surface area contributed by atoms with Gasteiger partial charge in [0.2, 0.25) is 0 Å². The number of halogens is 1. The number of likely N-dealkylation sites (tertiary alicyclic amines) is 1. The van der Waals surface area contributed by atoms with E-state index in [9.17, 15) is 14.0 Å². The highest BCUT2D eigenvalue weighted by molar-refractivity contribution is 5.84. The summed E-state index contributed by atoms with van der Waals surface area (Å²) in [5.41, 5.74) is 3.51. The zero-order valence-electron chi connectivity index (χ0n) is 21.1. The monoisotopic (exact) mass is 481 g/mol. The van der Waals surface area contributed by atoms with E-state index in [0.717, 1.165) is 31.5 Å². The number of esters is 1. The first-order valence-corrected chi connectivity index (χ1v) is 12.5. The Morgan fingerprint density at radius 3 is 2.31 bits per heavy atom. The first-order chi connectivity index (χ1) is 16.8. The number of nitrogens with one attached hydrogen (secondary N) is 1. The number of aryl methyl sites for hydroxylation is 1. The van der Waals surface area contributed by atoms with Crippen molar-refractivity contribution in [3.8, 4) is 0 Å². The molecule has 0 bridgehead atoms. The minimum Gasteiger partial charge on any atom is -0.467 e. The molecule has 2 fully saturated rings. The van der Waals surface area contributed by atoms with Crippen LogP contribution in [0.25, 0.3) is 0 Å². The highest BCUT2D eigenvalue weighted by atomic mass is 19.1. The molecular weight excluding hydrogens is 445 g/mol. The molecule has 2 saturated heterocycles. The van der Waals surface area contributed by atoms with E-state index in [4.69, 9.17) is 4.74 Å². The van der Waals surface area contributed by atoms with Crippen LogP contribution in [0.2, 0.25) is 0 Å². The fourth-order valence-corrected chi connectivity index (χ4v) is 5.50. The molecule has 7 heteroatoms. The molecule has 0 radical (unpaired) electrons. The minimum atomic E-state index is -0.647. The number of hydrogen-bond donors (Lipinski definition) is 1. The number of piperidine rings is 1. The topological polar surface area (TPSA) is 61.9 Å². The van der Waals surface area contributed by atoms with Crippen molar-refractivity contribution in [3.05, 3.63) is 65.5 Å². The van der Waals surface area contributed by atoms with E-state index in [0.29, 0.717) is 13.1 Å². The SMILES string of the molecule is CC[C@H](C)[C@H](NC(=O)N1CCC2(CC1)CN(c1ccc(F)cc1)C2c1ccc(C)cc1)C(=O)OC. The molecule has 0 saturated carbocycles. The molecule has 35 heavy (non-hydrogen) atoms. The van der Waals surface area contributed by atoms with E-state index in [1.165, 1.54) is 30.4 Å². The summed E-state index contributed by atoms with van der Waals surface area (Å²) in [4.78, 5) is 29.4. The second-order valence-corrected chi connectivity index (χ2v) is 10.1. The summed E-state index contributed by atoms with van der Waals surface area (Å²) in [7, 11) is 1.35. The van der Waals surface area contributed by atoms with Crippen LogP contribution in [0.1, 0.15) is 50.3 Å². The molecule has 1 unspecified atom stereocenters. The van der Waals surface area contributed by atoms with Crippen LogP contribution in [0.4, 0.5) is 14.9 Å². The fraction of sp³-hybridized carbons (Fsp3) is 0.500. The van der Waals surface area contributed by atoms with E-state index >= 15 is 0 Å². The van der Waals surface area contributed by atoms with Gasteiger partial charge >= 0.3 is 12.0 Å². The smallest absolute Gasteiger partial charge is 0.328 e. The van der Waals surface area contributed by atoms with Crippen LogP contribution in [-0.4, -0.2) is 49.7 Å². The van der Waals surface area contributed by atoms with E-state index in [2.05, 4.69) is 41.4 Å². The predicted octanol–water partition coefficient (Wildman–Crippen LogP) is 5.07. The highest BCUT2D eigenvalue weighted by Crippen LogP contribution is 2.56. The molecule has 2 heterocycles. The first kappa shape index (κ1) is 25.0. The number of urea groups is 1. The Bertz CT molecular complexity index is 1030. The molecule has 4 rings (SSSR count). The average Bonchev–Trinajstić information content (AvgIpc) is 2.87. The zero-order valence-corrected chi connectivity index (χ0v) is 21.1. The van der Waals surface area contributed by atoms with Crippen molar-refractivity contribution in [2.45, 2.75) is 52.1 Å². The molecule has 2 aromatic rings. The third kappa shape index (κ3) is 5.00. The molecular formula is C28H36FN3O3. The Morgan fingerprint density at radius 1 is 1.11 bits per heavy atom. The summed E-state index contributed by atoms with van der Waals surface area (Å²) in [6.45, 7) is 8.13. The van der Waals surface area contributed by atoms with Crippen molar-refractivity contribution >= 4 is 17.7 Å². The number of hydrogen-bond acceptors (Lipinski definition) is 4. The Labute approximate surface area is 207 Å². The average molecular weight is 482 g/mol. The number of rotatable bonds is 6. The number of nitrogens with zero attached hydrogens (tertiary/aromatic N) is 2. The molecule has 2 aliphatic heterocycles. The lowest BCUT2D eigenvalue weighted by Crippen LogP contribution is -2.63. The van der Waals surface area contributed by atoms with Gasteiger partial charge in [0.1, 0.15) is 11.9 Å². The van der Waals surface area contributed by atoms with Crippen molar-refractivity contribution in [1.82, 2.24) is 10.2 Å². The summed E-state index contributed by atoms with van der Waals surface area (Å²) in [5.74, 6) is -0.656. The van der Waals surface area contributed by atoms with E-state index in [1.54, 1.807) is 0 Å². The summed E-state index contributed by atoms with van der Waals surface area (Å²) in [5, 5.41) is 2.91. The van der Waals surface area contributed by atoms with E-state index < -0.39 is 12.0 Å². The van der Waals surface area contributed by atoms with E-state index in [1.807, 2.05) is 30.9 Å². The molecule has 1 N–H and O–H groups in total. The van der Waals surface area contributed by atoms with Crippen LogP contribution in [0.15, 0.2) is 48.5 Å². The molecule has 6 nitrogen and oxygen atoms in total. The van der Waals surface area contributed by atoms with Crippen molar-refractivity contribution in [3.63, 3.8) is 0 Å². The predicted molar refractivity (Wildman–Crippen MR) is 135 cm³/mol. The number of methoxy groups -OCH3 is 1. The van der Waals surface area contributed by atoms with Crippen molar-refractivity contribution in [2.24, 2.45) is 11.3 Å². The first-order valence-electron chi connectivity index (χ1n) is 12.5. The van der Waals surface area contributed by atoms with Gasteiger partial charge in [-0.2, -0.15) is 0 Å². The Kier molecular flexibility index (Phi) is 7.33. The summed E-state index contributed by atoms with van der Waals surface area (Å²) < 4.78 is 18.5. The van der Waals surface area contributed by atoms with Crippen LogP contribution >= 0.6 is 0 Å². The molecule has 3 atom stereocenters. The maximum absolute atomic E-state index is 13.5. The number of anilines is 1. The van der Waals surface area contributed by atoms with Gasteiger partial charge in [-0.25, -0.2) is 14.0 Å². The van der Waals surface area contributed by atoms with Crippen LogP contribution < -0.4 is 10.2 Å². The molecule has 2 aromatic carbocycles. The second-order valence-electron chi connectivity index (χ2n) is 10.1. The largest absolute Gasteiger partial charge is 0.467 e. The number of amides is 2. The second kappa shape index (κ2) is 10.3. The summed E-state index contributed by atoms with van der Waals surface area (Å²) >= 11 is 0. The van der Waals surface area contributed by atoms with Gasteiger partial charge in [0.25, 0.3) is 0 Å². The summed E-state index contributed by atoms with van der Waals surface area (Å²) in [6.07, 6.45) is 2.49. The lowest BCUT2D eigenvalue weighted by Gasteiger charge is -2.61. The van der Waals surface area contributed by atoms with Crippen molar-refractivity contribution < 1.29 is 18.7 Å². The molecule has 2 aliphatic rings. The lowest BCUT2D eigenvalue weighted by atomic mass is 9.63. The standard InChI is InChI=1S/C28H36FN3O3/c1-5-20(3)24(26(33)35-4)30-27(34)31-16-14-28(15-17-31)18-32(23-12-10-22(29)11-13-23)25(28)21-8-6-19(2)7-9-21/h6-13,20,24-25H,5,14-18H2,1-4H3,(H,30,34)/t20-,24-,25?/m0/s1. The van der Waals surface area contributed by atoms with Gasteiger partial charge in [0, 0.05) is 30.7 Å². The number of benzene rings is 2. The number of carbonyl (C=O) groups is 2. The molecule has 1 spiro atoms. The van der Waals surface area contributed by atoms with Crippen LogP contribution in [0, 0.1) is 24.1 Å². The Balaban J connectivity index is 1.49. The minimum absolute atomic E-state index is 0.00986.